The summed E-state index contributed by atoms with van der Waals surface area (Å²) in [5, 5.41) is 12.2. The lowest BCUT2D eigenvalue weighted by Gasteiger charge is -2.14. The SMILES string of the molecule is CCNC(=NCCc1nc(C(C)(C)C)cs1)NCCc1cccs1.I. The molecule has 0 unspecified atom stereocenters. The van der Waals surface area contributed by atoms with Gasteiger partial charge in [0, 0.05) is 41.7 Å². The summed E-state index contributed by atoms with van der Waals surface area (Å²) in [7, 11) is 0. The van der Waals surface area contributed by atoms with Crippen molar-refractivity contribution in [2.45, 2.75) is 46.0 Å². The number of halogens is 1. The van der Waals surface area contributed by atoms with Gasteiger partial charge in [0.05, 0.1) is 10.7 Å². The molecule has 2 aromatic rings. The Hall–Kier alpha value is -0.670. The molecule has 7 heteroatoms. The van der Waals surface area contributed by atoms with Crippen LogP contribution in [0.3, 0.4) is 0 Å². The van der Waals surface area contributed by atoms with E-state index in [4.69, 9.17) is 4.98 Å². The summed E-state index contributed by atoms with van der Waals surface area (Å²) >= 11 is 3.54. The fraction of sp³-hybridized carbons (Fsp3) is 0.556. The van der Waals surface area contributed by atoms with Crippen LogP contribution < -0.4 is 10.6 Å². The quantitative estimate of drug-likeness (QED) is 0.341. The molecule has 140 valence electrons. The lowest BCUT2D eigenvalue weighted by atomic mass is 9.93. The first-order valence-corrected chi connectivity index (χ1v) is 10.2. The number of hydrogen-bond acceptors (Lipinski definition) is 4. The molecule has 0 bridgehead atoms. The summed E-state index contributed by atoms with van der Waals surface area (Å²) in [6.07, 6.45) is 1.92. The van der Waals surface area contributed by atoms with Gasteiger partial charge in [0.25, 0.3) is 0 Å². The van der Waals surface area contributed by atoms with Crippen LogP contribution in [-0.2, 0) is 18.3 Å². The summed E-state index contributed by atoms with van der Waals surface area (Å²) in [5.41, 5.74) is 1.29. The molecule has 0 fully saturated rings. The van der Waals surface area contributed by atoms with Gasteiger partial charge in [-0.25, -0.2) is 4.98 Å². The highest BCUT2D eigenvalue weighted by molar-refractivity contribution is 14.0. The zero-order chi connectivity index (χ0) is 17.4. The molecule has 4 nitrogen and oxygen atoms in total. The first-order valence-electron chi connectivity index (χ1n) is 8.48. The van der Waals surface area contributed by atoms with E-state index in [2.05, 4.69) is 66.2 Å². The molecule has 25 heavy (non-hydrogen) atoms. The molecule has 0 saturated heterocycles. The number of aromatic nitrogens is 1. The number of hydrogen-bond donors (Lipinski definition) is 2. The molecule has 2 N–H and O–H groups in total. The summed E-state index contributed by atoms with van der Waals surface area (Å²) in [6, 6.07) is 4.27. The fourth-order valence-corrected chi connectivity index (χ4v) is 3.86. The minimum absolute atomic E-state index is 0. The minimum Gasteiger partial charge on any atom is -0.357 e. The van der Waals surface area contributed by atoms with Gasteiger partial charge in [-0.15, -0.1) is 46.7 Å². The van der Waals surface area contributed by atoms with Crippen LogP contribution in [0.4, 0.5) is 0 Å². The second-order valence-electron chi connectivity index (χ2n) is 6.64. The van der Waals surface area contributed by atoms with E-state index in [0.29, 0.717) is 0 Å². The summed E-state index contributed by atoms with van der Waals surface area (Å²) in [4.78, 5) is 10.8. The van der Waals surface area contributed by atoms with Gasteiger partial charge >= 0.3 is 0 Å². The van der Waals surface area contributed by atoms with Gasteiger partial charge in [-0.05, 0) is 24.8 Å². The standard InChI is InChI=1S/C18H28N4S2.HI/c1-5-19-17(20-10-8-14-7-6-12-23-14)21-11-9-16-22-15(13-24-16)18(2,3)4;/h6-7,12-13H,5,8-11H2,1-4H3,(H2,19,20,21);1H. The largest absolute Gasteiger partial charge is 0.357 e. The van der Waals surface area contributed by atoms with E-state index >= 15 is 0 Å². The van der Waals surface area contributed by atoms with E-state index < -0.39 is 0 Å². The molecule has 0 spiro atoms. The molecule has 2 aromatic heterocycles. The van der Waals surface area contributed by atoms with Crippen LogP contribution in [0.5, 0.6) is 0 Å². The fourth-order valence-electron chi connectivity index (χ4n) is 2.13. The number of thiazole rings is 1. The third kappa shape index (κ3) is 8.04. The molecular formula is C18H29IN4S2. The van der Waals surface area contributed by atoms with Gasteiger partial charge in [0.15, 0.2) is 5.96 Å². The molecule has 2 heterocycles. The smallest absolute Gasteiger partial charge is 0.191 e. The van der Waals surface area contributed by atoms with Crippen LogP contribution in [0, 0.1) is 0 Å². The van der Waals surface area contributed by atoms with Crippen LogP contribution in [0.15, 0.2) is 27.9 Å². The predicted molar refractivity (Wildman–Crippen MR) is 122 cm³/mol. The highest BCUT2D eigenvalue weighted by Crippen LogP contribution is 2.23. The first kappa shape index (κ1) is 22.4. The molecule has 0 atom stereocenters. The van der Waals surface area contributed by atoms with E-state index in [-0.39, 0.29) is 29.4 Å². The van der Waals surface area contributed by atoms with Gasteiger partial charge in [0.2, 0.25) is 0 Å². The topological polar surface area (TPSA) is 49.3 Å². The van der Waals surface area contributed by atoms with Crippen LogP contribution >= 0.6 is 46.7 Å². The predicted octanol–water partition coefficient (Wildman–Crippen LogP) is 4.46. The Kier molecular flexibility index (Phi) is 9.96. The summed E-state index contributed by atoms with van der Waals surface area (Å²) in [5.74, 6) is 0.890. The van der Waals surface area contributed by atoms with Crippen LogP contribution in [0.2, 0.25) is 0 Å². The number of aliphatic imine (C=N–C) groups is 1. The Morgan fingerprint density at radius 1 is 1.20 bits per heavy atom. The van der Waals surface area contributed by atoms with E-state index in [1.807, 2.05) is 0 Å². The molecule has 0 aliphatic rings. The Bertz CT molecular complexity index is 630. The molecular weight excluding hydrogens is 463 g/mol. The average Bonchev–Trinajstić information content (AvgIpc) is 3.18. The third-order valence-electron chi connectivity index (χ3n) is 3.50. The van der Waals surface area contributed by atoms with Gasteiger partial charge < -0.3 is 10.6 Å². The second-order valence-corrected chi connectivity index (χ2v) is 8.62. The second kappa shape index (κ2) is 11.1. The zero-order valence-electron chi connectivity index (χ0n) is 15.5. The average molecular weight is 492 g/mol. The van der Waals surface area contributed by atoms with Crippen molar-refractivity contribution in [3.8, 4) is 0 Å². The molecule has 0 amide bonds. The van der Waals surface area contributed by atoms with E-state index in [0.717, 1.165) is 43.4 Å². The molecule has 0 radical (unpaired) electrons. The molecule has 0 aliphatic heterocycles. The Labute approximate surface area is 176 Å². The Balaban J connectivity index is 0.00000312. The van der Waals surface area contributed by atoms with E-state index in [1.165, 1.54) is 10.6 Å². The third-order valence-corrected chi connectivity index (χ3v) is 5.35. The Morgan fingerprint density at radius 2 is 2.00 bits per heavy atom. The zero-order valence-corrected chi connectivity index (χ0v) is 19.4. The molecule has 0 aliphatic carbocycles. The van der Waals surface area contributed by atoms with Crippen molar-refractivity contribution in [3.63, 3.8) is 0 Å². The van der Waals surface area contributed by atoms with Gasteiger partial charge in [-0.1, -0.05) is 26.8 Å². The van der Waals surface area contributed by atoms with E-state index in [9.17, 15) is 0 Å². The minimum atomic E-state index is 0. The first-order chi connectivity index (χ1) is 11.5. The molecule has 2 rings (SSSR count). The number of nitrogens with zero attached hydrogens (tertiary/aromatic N) is 2. The van der Waals surface area contributed by atoms with Crippen molar-refractivity contribution in [2.24, 2.45) is 4.99 Å². The molecule has 0 saturated carbocycles. The highest BCUT2D eigenvalue weighted by atomic mass is 127. The van der Waals surface area contributed by atoms with Crippen molar-refractivity contribution < 1.29 is 0 Å². The Morgan fingerprint density at radius 3 is 2.60 bits per heavy atom. The highest BCUT2D eigenvalue weighted by Gasteiger charge is 2.17. The normalized spacial score (nSPS) is 11.9. The van der Waals surface area contributed by atoms with Crippen molar-refractivity contribution in [2.75, 3.05) is 19.6 Å². The summed E-state index contributed by atoms with van der Waals surface area (Å²) in [6.45, 7) is 11.2. The lowest BCUT2D eigenvalue weighted by Crippen LogP contribution is -2.38. The van der Waals surface area contributed by atoms with Crippen molar-refractivity contribution >= 4 is 52.6 Å². The maximum Gasteiger partial charge on any atom is 0.191 e. The maximum atomic E-state index is 4.73. The van der Waals surface area contributed by atoms with Gasteiger partial charge in [-0.2, -0.15) is 0 Å². The van der Waals surface area contributed by atoms with Crippen molar-refractivity contribution in [1.29, 1.82) is 0 Å². The number of guanidine groups is 1. The number of thiophene rings is 1. The monoisotopic (exact) mass is 492 g/mol. The van der Waals surface area contributed by atoms with Crippen LogP contribution in [0.1, 0.15) is 43.3 Å². The van der Waals surface area contributed by atoms with E-state index in [1.54, 1.807) is 22.7 Å². The van der Waals surface area contributed by atoms with Crippen molar-refractivity contribution in [1.82, 2.24) is 15.6 Å². The van der Waals surface area contributed by atoms with Gasteiger partial charge in [-0.3, -0.25) is 4.99 Å². The van der Waals surface area contributed by atoms with Gasteiger partial charge in [0.1, 0.15) is 0 Å². The van der Waals surface area contributed by atoms with Crippen LogP contribution in [-0.4, -0.2) is 30.6 Å². The van der Waals surface area contributed by atoms with Crippen molar-refractivity contribution in [3.05, 3.63) is 38.5 Å². The van der Waals surface area contributed by atoms with Crippen LogP contribution in [0.25, 0.3) is 0 Å². The molecule has 0 aromatic carbocycles. The number of nitrogens with one attached hydrogen (secondary N) is 2. The number of rotatable bonds is 7. The summed E-state index contributed by atoms with van der Waals surface area (Å²) < 4.78 is 0. The lowest BCUT2D eigenvalue weighted by molar-refractivity contribution is 0.571. The maximum absolute atomic E-state index is 4.73.